The van der Waals surface area contributed by atoms with Gasteiger partial charge in [0.2, 0.25) is 0 Å². The molecule has 1 unspecified atom stereocenters. The van der Waals surface area contributed by atoms with E-state index < -0.39 is 0 Å². The summed E-state index contributed by atoms with van der Waals surface area (Å²) < 4.78 is 0. The fraction of sp³-hybridized carbons (Fsp3) is 0.929. The van der Waals surface area contributed by atoms with E-state index in [2.05, 4.69) is 33.0 Å². The molecule has 106 valence electrons. The Hall–Kier alpha value is -0.770. The number of urea groups is 1. The molecule has 3 N–H and O–H groups in total. The lowest BCUT2D eigenvalue weighted by Crippen LogP contribution is -2.51. The molecule has 0 spiro atoms. The fourth-order valence-electron chi connectivity index (χ4n) is 2.34. The Morgan fingerprint density at radius 1 is 1.39 bits per heavy atom. The Labute approximate surface area is 111 Å². The Balaban J connectivity index is 2.51. The molecule has 1 heterocycles. The smallest absolute Gasteiger partial charge is 0.317 e. The topological polar surface area (TPSA) is 58.4 Å². The summed E-state index contributed by atoms with van der Waals surface area (Å²) in [6.07, 6.45) is 3.06. The van der Waals surface area contributed by atoms with E-state index in [1.165, 1.54) is 0 Å². The average molecular weight is 255 g/mol. The van der Waals surface area contributed by atoms with Crippen LogP contribution in [0.15, 0.2) is 0 Å². The van der Waals surface area contributed by atoms with Gasteiger partial charge >= 0.3 is 6.03 Å². The second-order valence-electron chi connectivity index (χ2n) is 6.62. The predicted octanol–water partition coefficient (Wildman–Crippen LogP) is 2.19. The molecule has 0 bridgehead atoms. The van der Waals surface area contributed by atoms with Crippen LogP contribution < -0.4 is 11.1 Å². The Morgan fingerprint density at radius 2 is 1.94 bits per heavy atom. The number of nitrogens with zero attached hydrogens (tertiary/aromatic N) is 1. The minimum absolute atomic E-state index is 0.0537. The average Bonchev–Trinajstić information content (AvgIpc) is 2.28. The fourth-order valence-corrected chi connectivity index (χ4v) is 2.34. The lowest BCUT2D eigenvalue weighted by molar-refractivity contribution is 0.158. The van der Waals surface area contributed by atoms with Crippen molar-refractivity contribution in [2.24, 2.45) is 17.1 Å². The number of nitrogens with one attached hydrogen (secondary N) is 1. The standard InChI is InChI=1S/C14H29N3O/c1-11-6-9-17(10-7-11)13(18)16-12(5-8-15)14(2,3)4/h11-12H,5-10,15H2,1-4H3,(H,16,18). The minimum Gasteiger partial charge on any atom is -0.335 e. The maximum absolute atomic E-state index is 12.2. The van der Waals surface area contributed by atoms with Crippen molar-refractivity contribution in [2.45, 2.75) is 53.0 Å². The third kappa shape index (κ3) is 4.48. The summed E-state index contributed by atoms with van der Waals surface area (Å²) in [6.45, 7) is 11.1. The van der Waals surface area contributed by atoms with Crippen LogP contribution in [-0.4, -0.2) is 36.6 Å². The van der Waals surface area contributed by atoms with Crippen LogP contribution >= 0.6 is 0 Å². The molecule has 1 saturated heterocycles. The van der Waals surface area contributed by atoms with Crippen molar-refractivity contribution < 1.29 is 4.79 Å². The molecular formula is C14H29N3O. The van der Waals surface area contributed by atoms with Crippen molar-refractivity contribution in [1.29, 1.82) is 0 Å². The second kappa shape index (κ2) is 6.41. The first-order valence-corrected chi connectivity index (χ1v) is 7.10. The van der Waals surface area contributed by atoms with Crippen LogP contribution in [0.3, 0.4) is 0 Å². The van der Waals surface area contributed by atoms with Gasteiger partial charge in [-0.1, -0.05) is 27.7 Å². The van der Waals surface area contributed by atoms with Gasteiger partial charge in [0.15, 0.2) is 0 Å². The van der Waals surface area contributed by atoms with E-state index in [9.17, 15) is 4.79 Å². The molecule has 18 heavy (non-hydrogen) atoms. The summed E-state index contributed by atoms with van der Waals surface area (Å²) in [7, 11) is 0. The molecule has 0 radical (unpaired) electrons. The highest BCUT2D eigenvalue weighted by molar-refractivity contribution is 5.74. The second-order valence-corrected chi connectivity index (χ2v) is 6.62. The molecule has 1 aliphatic rings. The van der Waals surface area contributed by atoms with Gasteiger partial charge in [0.25, 0.3) is 0 Å². The Bertz CT molecular complexity index is 265. The molecule has 0 aliphatic carbocycles. The lowest BCUT2D eigenvalue weighted by Gasteiger charge is -2.36. The van der Waals surface area contributed by atoms with Crippen molar-refractivity contribution in [2.75, 3.05) is 19.6 Å². The largest absolute Gasteiger partial charge is 0.335 e. The number of hydrogen-bond acceptors (Lipinski definition) is 2. The lowest BCUT2D eigenvalue weighted by atomic mass is 9.85. The molecule has 4 heteroatoms. The number of carbonyl (C=O) groups is 1. The normalized spacial score (nSPS) is 19.7. The number of amides is 2. The SMILES string of the molecule is CC1CCN(C(=O)NC(CCN)C(C)(C)C)CC1. The highest BCUT2D eigenvalue weighted by Gasteiger charge is 2.28. The molecule has 0 aromatic carbocycles. The third-order valence-corrected chi connectivity index (χ3v) is 3.87. The van der Waals surface area contributed by atoms with E-state index in [0.29, 0.717) is 6.54 Å². The maximum Gasteiger partial charge on any atom is 0.317 e. The summed E-state index contributed by atoms with van der Waals surface area (Å²) in [5.74, 6) is 0.747. The van der Waals surface area contributed by atoms with Gasteiger partial charge in [-0.05, 0) is 37.1 Å². The van der Waals surface area contributed by atoms with Gasteiger partial charge in [0.05, 0.1) is 0 Å². The zero-order chi connectivity index (χ0) is 13.8. The molecule has 1 rings (SSSR count). The van der Waals surface area contributed by atoms with Crippen LogP contribution in [-0.2, 0) is 0 Å². The van der Waals surface area contributed by atoms with Crippen molar-refractivity contribution >= 4 is 6.03 Å². The molecule has 1 fully saturated rings. The van der Waals surface area contributed by atoms with E-state index in [-0.39, 0.29) is 17.5 Å². The van der Waals surface area contributed by atoms with Gasteiger partial charge in [0.1, 0.15) is 0 Å². The summed E-state index contributed by atoms with van der Waals surface area (Å²) in [6, 6.07) is 0.227. The number of rotatable bonds is 3. The third-order valence-electron chi connectivity index (χ3n) is 3.87. The first kappa shape index (κ1) is 15.3. The zero-order valence-electron chi connectivity index (χ0n) is 12.3. The zero-order valence-corrected chi connectivity index (χ0v) is 12.3. The molecule has 0 saturated carbocycles. The van der Waals surface area contributed by atoms with Gasteiger partial charge in [-0.3, -0.25) is 0 Å². The monoisotopic (exact) mass is 255 g/mol. The first-order valence-electron chi connectivity index (χ1n) is 7.10. The summed E-state index contributed by atoms with van der Waals surface area (Å²) in [5, 5.41) is 3.15. The van der Waals surface area contributed by atoms with Gasteiger partial charge in [-0.2, -0.15) is 0 Å². The molecule has 4 nitrogen and oxygen atoms in total. The van der Waals surface area contributed by atoms with E-state index in [4.69, 9.17) is 5.73 Å². The highest BCUT2D eigenvalue weighted by Crippen LogP contribution is 2.22. The number of carbonyl (C=O) groups excluding carboxylic acids is 1. The minimum atomic E-state index is 0.0537. The van der Waals surface area contributed by atoms with Crippen LogP contribution in [0.5, 0.6) is 0 Å². The molecule has 0 aromatic rings. The van der Waals surface area contributed by atoms with Gasteiger partial charge in [-0.25, -0.2) is 4.79 Å². The van der Waals surface area contributed by atoms with Gasteiger partial charge in [-0.15, -0.1) is 0 Å². The first-order chi connectivity index (χ1) is 8.34. The number of likely N-dealkylation sites (tertiary alicyclic amines) is 1. The molecular weight excluding hydrogens is 226 g/mol. The summed E-state index contributed by atoms with van der Waals surface area (Å²) in [4.78, 5) is 14.2. The van der Waals surface area contributed by atoms with Crippen LogP contribution in [0.1, 0.15) is 47.0 Å². The number of hydrogen-bond donors (Lipinski definition) is 2. The summed E-state index contributed by atoms with van der Waals surface area (Å²) in [5.41, 5.74) is 5.69. The molecule has 0 aromatic heterocycles. The quantitative estimate of drug-likeness (QED) is 0.812. The van der Waals surface area contributed by atoms with Crippen LogP contribution in [0.25, 0.3) is 0 Å². The van der Waals surface area contributed by atoms with Gasteiger partial charge in [0, 0.05) is 19.1 Å². The van der Waals surface area contributed by atoms with Crippen molar-refractivity contribution in [3.63, 3.8) is 0 Å². The van der Waals surface area contributed by atoms with Crippen LogP contribution in [0.4, 0.5) is 4.79 Å². The van der Waals surface area contributed by atoms with Gasteiger partial charge < -0.3 is 16.0 Å². The highest BCUT2D eigenvalue weighted by atomic mass is 16.2. The van der Waals surface area contributed by atoms with E-state index in [1.807, 2.05) is 4.90 Å². The van der Waals surface area contributed by atoms with Crippen molar-refractivity contribution in [3.05, 3.63) is 0 Å². The molecule has 1 atom stereocenters. The predicted molar refractivity (Wildman–Crippen MR) is 75.4 cm³/mol. The van der Waals surface area contributed by atoms with Crippen molar-refractivity contribution in [1.82, 2.24) is 10.2 Å². The number of piperidine rings is 1. The Morgan fingerprint density at radius 3 is 2.39 bits per heavy atom. The maximum atomic E-state index is 12.2. The van der Waals surface area contributed by atoms with E-state index in [0.717, 1.165) is 38.3 Å². The van der Waals surface area contributed by atoms with Crippen LogP contribution in [0.2, 0.25) is 0 Å². The molecule has 1 aliphatic heterocycles. The number of nitrogens with two attached hydrogens (primary N) is 1. The Kier molecular flexibility index (Phi) is 5.45. The van der Waals surface area contributed by atoms with E-state index >= 15 is 0 Å². The van der Waals surface area contributed by atoms with E-state index in [1.54, 1.807) is 0 Å². The van der Waals surface area contributed by atoms with Crippen LogP contribution in [0, 0.1) is 11.3 Å². The van der Waals surface area contributed by atoms with Crippen molar-refractivity contribution in [3.8, 4) is 0 Å². The molecule has 2 amide bonds. The summed E-state index contributed by atoms with van der Waals surface area (Å²) >= 11 is 0.